The van der Waals surface area contributed by atoms with Crippen LogP contribution >= 0.6 is 0 Å². The Balaban J connectivity index is 3.05. The molecule has 0 bridgehead atoms. The molecule has 3 N–H and O–H groups in total. The zero-order valence-corrected chi connectivity index (χ0v) is 6.83. The number of nitrogens with one attached hydrogen (secondary N) is 1. The van der Waals surface area contributed by atoms with Crippen LogP contribution in [0.4, 0.5) is 11.5 Å². The first kappa shape index (κ1) is 8.34. The van der Waals surface area contributed by atoms with Gasteiger partial charge in [-0.15, -0.1) is 0 Å². The van der Waals surface area contributed by atoms with Crippen molar-refractivity contribution in [1.29, 1.82) is 5.26 Å². The third-order valence-corrected chi connectivity index (χ3v) is 1.37. The number of rotatable bonds is 2. The van der Waals surface area contributed by atoms with E-state index in [0.717, 1.165) is 6.54 Å². The predicted octanol–water partition coefficient (Wildman–Crippen LogP) is 0.967. The van der Waals surface area contributed by atoms with Crippen molar-refractivity contribution in [2.45, 2.75) is 6.92 Å². The summed E-state index contributed by atoms with van der Waals surface area (Å²) in [5.41, 5.74) is 6.45. The van der Waals surface area contributed by atoms with Gasteiger partial charge in [0.1, 0.15) is 11.9 Å². The van der Waals surface area contributed by atoms with Crippen LogP contribution in [0.15, 0.2) is 12.3 Å². The highest BCUT2D eigenvalue weighted by molar-refractivity contribution is 5.57. The Bertz CT molecular complexity index is 313. The van der Waals surface area contributed by atoms with E-state index >= 15 is 0 Å². The van der Waals surface area contributed by atoms with Crippen molar-refractivity contribution in [3.05, 3.63) is 17.8 Å². The van der Waals surface area contributed by atoms with E-state index in [2.05, 4.69) is 10.3 Å². The summed E-state index contributed by atoms with van der Waals surface area (Å²) in [5.74, 6) is 0.592. The summed E-state index contributed by atoms with van der Waals surface area (Å²) in [6, 6.07) is 3.62. The van der Waals surface area contributed by atoms with Crippen LogP contribution in [0.25, 0.3) is 0 Å². The van der Waals surface area contributed by atoms with Gasteiger partial charge >= 0.3 is 0 Å². The van der Waals surface area contributed by atoms with Gasteiger partial charge in [-0.2, -0.15) is 5.26 Å². The lowest BCUT2D eigenvalue weighted by Crippen LogP contribution is -2.02. The molecule has 12 heavy (non-hydrogen) atoms. The summed E-state index contributed by atoms with van der Waals surface area (Å²) in [7, 11) is 0. The molecule has 0 aliphatic rings. The molecule has 1 aromatic rings. The highest BCUT2D eigenvalue weighted by Gasteiger charge is 2.01. The SMILES string of the molecule is CCNc1ncc(N)cc1C#N. The van der Waals surface area contributed by atoms with Crippen LogP contribution in [0.2, 0.25) is 0 Å². The van der Waals surface area contributed by atoms with Gasteiger partial charge in [0.15, 0.2) is 0 Å². The van der Waals surface area contributed by atoms with Crippen LogP contribution in [0.1, 0.15) is 12.5 Å². The average Bonchev–Trinajstić information content (AvgIpc) is 2.08. The number of aromatic nitrogens is 1. The summed E-state index contributed by atoms with van der Waals surface area (Å²) < 4.78 is 0. The van der Waals surface area contributed by atoms with Crippen LogP contribution in [0, 0.1) is 11.3 Å². The van der Waals surface area contributed by atoms with E-state index in [0.29, 0.717) is 17.1 Å². The van der Waals surface area contributed by atoms with Crippen molar-refractivity contribution in [2.75, 3.05) is 17.6 Å². The molecule has 0 saturated heterocycles. The quantitative estimate of drug-likeness (QED) is 0.679. The Morgan fingerprint density at radius 3 is 3.08 bits per heavy atom. The highest BCUT2D eigenvalue weighted by atomic mass is 15.0. The van der Waals surface area contributed by atoms with Gasteiger partial charge in [-0.1, -0.05) is 0 Å². The van der Waals surface area contributed by atoms with Gasteiger partial charge in [-0.3, -0.25) is 0 Å². The molecular weight excluding hydrogens is 152 g/mol. The van der Waals surface area contributed by atoms with Crippen molar-refractivity contribution >= 4 is 11.5 Å². The number of hydrogen-bond donors (Lipinski definition) is 2. The molecule has 0 aliphatic heterocycles. The Labute approximate surface area is 71.0 Å². The van der Waals surface area contributed by atoms with E-state index < -0.39 is 0 Å². The molecule has 0 saturated carbocycles. The van der Waals surface area contributed by atoms with Crippen molar-refractivity contribution in [1.82, 2.24) is 4.98 Å². The third kappa shape index (κ3) is 1.64. The van der Waals surface area contributed by atoms with Gasteiger partial charge in [-0.05, 0) is 13.0 Å². The van der Waals surface area contributed by atoms with Gasteiger partial charge in [0.2, 0.25) is 0 Å². The molecule has 0 fully saturated rings. The first-order valence-electron chi connectivity index (χ1n) is 3.67. The molecule has 0 amide bonds. The smallest absolute Gasteiger partial charge is 0.144 e. The van der Waals surface area contributed by atoms with E-state index in [-0.39, 0.29) is 0 Å². The zero-order valence-electron chi connectivity index (χ0n) is 6.83. The van der Waals surface area contributed by atoms with E-state index in [9.17, 15) is 0 Å². The molecule has 62 valence electrons. The first-order valence-corrected chi connectivity index (χ1v) is 3.67. The number of nitrogen functional groups attached to an aromatic ring is 1. The lowest BCUT2D eigenvalue weighted by atomic mass is 10.2. The lowest BCUT2D eigenvalue weighted by Gasteiger charge is -2.03. The molecule has 4 nitrogen and oxygen atoms in total. The minimum Gasteiger partial charge on any atom is -0.397 e. The second-order valence-electron chi connectivity index (χ2n) is 2.31. The highest BCUT2D eigenvalue weighted by Crippen LogP contribution is 2.13. The molecule has 1 aromatic heterocycles. The molecule has 0 aromatic carbocycles. The predicted molar refractivity (Wildman–Crippen MR) is 47.5 cm³/mol. The monoisotopic (exact) mass is 162 g/mol. The Kier molecular flexibility index (Phi) is 2.49. The number of nitrogens with two attached hydrogens (primary N) is 1. The van der Waals surface area contributed by atoms with Gasteiger partial charge in [0, 0.05) is 6.54 Å². The summed E-state index contributed by atoms with van der Waals surface area (Å²) in [5, 5.41) is 11.6. The fourth-order valence-electron chi connectivity index (χ4n) is 0.874. The van der Waals surface area contributed by atoms with Gasteiger partial charge in [0.05, 0.1) is 17.4 Å². The van der Waals surface area contributed by atoms with Crippen molar-refractivity contribution in [3.8, 4) is 6.07 Å². The van der Waals surface area contributed by atoms with E-state index in [1.807, 2.05) is 13.0 Å². The minimum absolute atomic E-state index is 0.483. The largest absolute Gasteiger partial charge is 0.397 e. The fraction of sp³-hybridized carbons (Fsp3) is 0.250. The van der Waals surface area contributed by atoms with Crippen molar-refractivity contribution in [3.63, 3.8) is 0 Å². The van der Waals surface area contributed by atoms with E-state index in [4.69, 9.17) is 11.0 Å². The van der Waals surface area contributed by atoms with Crippen molar-refractivity contribution in [2.24, 2.45) is 0 Å². The van der Waals surface area contributed by atoms with Crippen LogP contribution in [-0.2, 0) is 0 Å². The summed E-state index contributed by atoms with van der Waals surface area (Å²) in [6.07, 6.45) is 1.53. The molecule has 0 radical (unpaired) electrons. The number of nitriles is 1. The zero-order chi connectivity index (χ0) is 8.97. The summed E-state index contributed by atoms with van der Waals surface area (Å²) >= 11 is 0. The molecular formula is C8H10N4. The van der Waals surface area contributed by atoms with Crippen LogP contribution in [-0.4, -0.2) is 11.5 Å². The van der Waals surface area contributed by atoms with Gasteiger partial charge < -0.3 is 11.1 Å². The van der Waals surface area contributed by atoms with Gasteiger partial charge in [-0.25, -0.2) is 4.98 Å². The van der Waals surface area contributed by atoms with Crippen LogP contribution in [0.5, 0.6) is 0 Å². The van der Waals surface area contributed by atoms with E-state index in [1.54, 1.807) is 6.07 Å². The summed E-state index contributed by atoms with van der Waals surface area (Å²) in [4.78, 5) is 3.98. The molecule has 1 heterocycles. The van der Waals surface area contributed by atoms with Crippen LogP contribution < -0.4 is 11.1 Å². The summed E-state index contributed by atoms with van der Waals surface area (Å²) in [6.45, 7) is 2.69. The molecule has 1 rings (SSSR count). The normalized spacial score (nSPS) is 9.00. The molecule has 0 spiro atoms. The number of nitrogens with zero attached hydrogens (tertiary/aromatic N) is 2. The Hall–Kier alpha value is -1.76. The second kappa shape index (κ2) is 3.58. The Morgan fingerprint density at radius 2 is 2.50 bits per heavy atom. The van der Waals surface area contributed by atoms with Crippen LogP contribution in [0.3, 0.4) is 0 Å². The maximum atomic E-state index is 8.68. The average molecular weight is 162 g/mol. The number of hydrogen-bond acceptors (Lipinski definition) is 4. The molecule has 0 aliphatic carbocycles. The lowest BCUT2D eigenvalue weighted by molar-refractivity contribution is 1.15. The maximum Gasteiger partial charge on any atom is 0.144 e. The maximum absolute atomic E-state index is 8.68. The number of anilines is 2. The fourth-order valence-corrected chi connectivity index (χ4v) is 0.874. The van der Waals surface area contributed by atoms with E-state index in [1.165, 1.54) is 6.20 Å². The topological polar surface area (TPSA) is 74.7 Å². The minimum atomic E-state index is 0.483. The third-order valence-electron chi connectivity index (χ3n) is 1.37. The molecule has 4 heteroatoms. The second-order valence-corrected chi connectivity index (χ2v) is 2.31. The van der Waals surface area contributed by atoms with Gasteiger partial charge in [0.25, 0.3) is 0 Å². The number of pyridine rings is 1. The molecule has 0 unspecified atom stereocenters. The standard InChI is InChI=1S/C8H10N4/c1-2-11-8-6(4-9)3-7(10)5-12-8/h3,5H,2,10H2,1H3,(H,11,12). The Morgan fingerprint density at radius 1 is 1.75 bits per heavy atom. The molecule has 0 atom stereocenters. The van der Waals surface area contributed by atoms with Crippen molar-refractivity contribution < 1.29 is 0 Å². The first-order chi connectivity index (χ1) is 5.77.